The number of rotatable bonds is 3. The molecule has 0 spiro atoms. The van der Waals surface area contributed by atoms with Crippen LogP contribution in [-0.4, -0.2) is 27.4 Å². The number of fused-ring (bicyclic) bond motifs is 1. The molecule has 1 N–H and O–H groups in total. The molecule has 6 heteroatoms. The van der Waals surface area contributed by atoms with E-state index in [2.05, 4.69) is 27.4 Å². The highest BCUT2D eigenvalue weighted by Gasteiger charge is 2.32. The number of carbonyl (C=O) groups excluding carboxylic acids is 1. The van der Waals surface area contributed by atoms with Crippen molar-refractivity contribution >= 4 is 33.8 Å². The number of aromatic nitrogens is 2. The van der Waals surface area contributed by atoms with Gasteiger partial charge >= 0.3 is 6.03 Å². The first-order chi connectivity index (χ1) is 14.3. The van der Waals surface area contributed by atoms with Gasteiger partial charge in [-0.15, -0.1) is 11.3 Å². The van der Waals surface area contributed by atoms with Gasteiger partial charge in [0.05, 0.1) is 16.6 Å². The molecule has 0 aliphatic carbocycles. The lowest BCUT2D eigenvalue weighted by molar-refractivity contribution is 0.207. The number of thiazole rings is 1. The number of likely N-dealkylation sites (tertiary alicyclic amines) is 1. The molecule has 4 aromatic rings. The van der Waals surface area contributed by atoms with Crippen LogP contribution >= 0.6 is 11.3 Å². The van der Waals surface area contributed by atoms with Gasteiger partial charge in [-0.05, 0) is 30.5 Å². The number of nitrogens with zero attached hydrogens (tertiary/aromatic N) is 3. The molecule has 0 unspecified atom stereocenters. The zero-order valence-electron chi connectivity index (χ0n) is 15.8. The fraction of sp³-hybridized carbons (Fsp3) is 0.174. The number of anilines is 1. The average Bonchev–Trinajstić information content (AvgIpc) is 3.44. The van der Waals surface area contributed by atoms with Gasteiger partial charge in [-0.25, -0.2) is 9.78 Å². The van der Waals surface area contributed by atoms with Crippen molar-refractivity contribution < 1.29 is 4.79 Å². The first kappa shape index (κ1) is 17.8. The molecule has 144 valence electrons. The average molecular weight is 401 g/mol. The minimum Gasteiger partial charge on any atom is -0.315 e. The third-order valence-corrected chi connectivity index (χ3v) is 6.45. The summed E-state index contributed by atoms with van der Waals surface area (Å²) < 4.78 is 0. The highest BCUT2D eigenvalue weighted by molar-refractivity contribution is 7.15. The van der Waals surface area contributed by atoms with Gasteiger partial charge in [-0.3, -0.25) is 4.98 Å². The molecule has 0 radical (unpaired) electrons. The van der Waals surface area contributed by atoms with Gasteiger partial charge in [0.2, 0.25) is 0 Å². The molecule has 2 aromatic carbocycles. The maximum Gasteiger partial charge on any atom is 0.322 e. The van der Waals surface area contributed by atoms with Crippen LogP contribution in [0, 0.1) is 0 Å². The number of nitrogens with one attached hydrogen (secondary N) is 1. The lowest BCUT2D eigenvalue weighted by atomic mass is 10.1. The summed E-state index contributed by atoms with van der Waals surface area (Å²) in [5.41, 5.74) is 1.97. The molecule has 1 saturated heterocycles. The molecule has 0 saturated carbocycles. The van der Waals surface area contributed by atoms with E-state index in [0.29, 0.717) is 0 Å². The normalized spacial score (nSPS) is 16.3. The first-order valence-electron chi connectivity index (χ1n) is 9.71. The van der Waals surface area contributed by atoms with E-state index in [1.54, 1.807) is 17.5 Å². The zero-order valence-corrected chi connectivity index (χ0v) is 16.6. The molecule has 29 heavy (non-hydrogen) atoms. The van der Waals surface area contributed by atoms with Crippen LogP contribution in [0.5, 0.6) is 0 Å². The molecule has 3 heterocycles. The quantitative estimate of drug-likeness (QED) is 0.478. The number of hydrogen-bond donors (Lipinski definition) is 1. The van der Waals surface area contributed by atoms with Gasteiger partial charge < -0.3 is 10.2 Å². The van der Waals surface area contributed by atoms with Crippen LogP contribution in [0.25, 0.3) is 21.2 Å². The Morgan fingerprint density at radius 2 is 1.97 bits per heavy atom. The highest BCUT2D eigenvalue weighted by atomic mass is 32.1. The summed E-state index contributed by atoms with van der Waals surface area (Å²) in [6.45, 7) is 0.739. The Morgan fingerprint density at radius 3 is 2.86 bits per heavy atom. The van der Waals surface area contributed by atoms with Gasteiger partial charge in [-0.2, -0.15) is 0 Å². The molecule has 5 nitrogen and oxygen atoms in total. The van der Waals surface area contributed by atoms with Gasteiger partial charge in [-0.1, -0.05) is 42.5 Å². The number of pyridine rings is 1. The summed E-state index contributed by atoms with van der Waals surface area (Å²) in [6.07, 6.45) is 7.40. The lowest BCUT2D eigenvalue weighted by Crippen LogP contribution is -2.34. The number of carbonyl (C=O) groups is 1. The second-order valence-corrected chi connectivity index (χ2v) is 8.17. The third kappa shape index (κ3) is 3.47. The molecule has 2 aromatic heterocycles. The van der Waals surface area contributed by atoms with Crippen LogP contribution in [0.1, 0.15) is 23.9 Å². The maximum absolute atomic E-state index is 13.1. The van der Waals surface area contributed by atoms with E-state index in [1.807, 2.05) is 59.8 Å². The molecule has 1 atom stereocenters. The second-order valence-electron chi connectivity index (χ2n) is 7.11. The summed E-state index contributed by atoms with van der Waals surface area (Å²) in [4.78, 5) is 25.0. The molecule has 1 aliphatic heterocycles. The molecular formula is C23H20N4OS. The van der Waals surface area contributed by atoms with Crippen LogP contribution in [-0.2, 0) is 0 Å². The summed E-state index contributed by atoms with van der Waals surface area (Å²) >= 11 is 1.67. The first-order valence-corrected chi connectivity index (χ1v) is 10.5. The Kier molecular flexibility index (Phi) is 4.69. The van der Waals surface area contributed by atoms with E-state index in [4.69, 9.17) is 0 Å². The molecule has 5 rings (SSSR count). The SMILES string of the molecule is O=C(Nc1cccc2cnccc12)N1CCC[C@H]1c1ncc(-c2ccccc2)s1. The standard InChI is InChI=1S/C23H20N4OS/c28-23(26-19-9-4-8-17-14-24-12-11-18(17)19)27-13-5-10-20(27)22-25-15-21(29-22)16-6-2-1-3-7-16/h1-4,6-9,11-12,14-15,20H,5,10,13H2,(H,26,28)/t20-/m0/s1. The van der Waals surface area contributed by atoms with Crippen LogP contribution in [0.15, 0.2) is 73.2 Å². The Bertz CT molecular complexity index is 1150. The summed E-state index contributed by atoms with van der Waals surface area (Å²) in [5, 5.41) is 6.10. The van der Waals surface area contributed by atoms with E-state index in [0.717, 1.165) is 51.3 Å². The van der Waals surface area contributed by atoms with Gasteiger partial charge in [0.1, 0.15) is 5.01 Å². The van der Waals surface area contributed by atoms with Crippen LogP contribution in [0.2, 0.25) is 0 Å². The maximum atomic E-state index is 13.1. The van der Waals surface area contributed by atoms with Crippen molar-refractivity contribution in [3.05, 3.63) is 78.2 Å². The van der Waals surface area contributed by atoms with Crippen molar-refractivity contribution in [3.63, 3.8) is 0 Å². The highest BCUT2D eigenvalue weighted by Crippen LogP contribution is 2.37. The largest absolute Gasteiger partial charge is 0.322 e. The Hall–Kier alpha value is -3.25. The predicted molar refractivity (Wildman–Crippen MR) is 117 cm³/mol. The molecule has 0 bridgehead atoms. The van der Waals surface area contributed by atoms with Gasteiger partial charge in [0.15, 0.2) is 0 Å². The smallest absolute Gasteiger partial charge is 0.315 e. The predicted octanol–water partition coefficient (Wildman–Crippen LogP) is 5.73. The molecule has 1 aliphatic rings. The number of urea groups is 1. The molecule has 1 fully saturated rings. The van der Waals surface area contributed by atoms with E-state index >= 15 is 0 Å². The summed E-state index contributed by atoms with van der Waals surface area (Å²) in [6, 6.07) is 18.0. The number of benzene rings is 2. The fourth-order valence-corrected chi connectivity index (χ4v) is 4.93. The number of amides is 2. The monoisotopic (exact) mass is 400 g/mol. The van der Waals surface area contributed by atoms with Gasteiger partial charge in [0, 0.05) is 35.9 Å². The van der Waals surface area contributed by atoms with Crippen molar-refractivity contribution in [2.75, 3.05) is 11.9 Å². The van der Waals surface area contributed by atoms with E-state index in [1.165, 1.54) is 0 Å². The minimum atomic E-state index is -0.0757. The van der Waals surface area contributed by atoms with E-state index in [9.17, 15) is 4.79 Å². The minimum absolute atomic E-state index is 0.0223. The van der Waals surface area contributed by atoms with E-state index in [-0.39, 0.29) is 12.1 Å². The fourth-order valence-electron chi connectivity index (χ4n) is 3.86. The van der Waals surface area contributed by atoms with Crippen molar-refractivity contribution in [1.82, 2.24) is 14.9 Å². The van der Waals surface area contributed by atoms with Crippen LogP contribution in [0.4, 0.5) is 10.5 Å². The second kappa shape index (κ2) is 7.64. The van der Waals surface area contributed by atoms with Crippen LogP contribution < -0.4 is 5.32 Å². The Labute approximate surface area is 173 Å². The number of hydrogen-bond acceptors (Lipinski definition) is 4. The molecular weight excluding hydrogens is 380 g/mol. The lowest BCUT2D eigenvalue weighted by Gasteiger charge is -2.23. The summed E-state index contributed by atoms with van der Waals surface area (Å²) in [5.74, 6) is 0. The Morgan fingerprint density at radius 1 is 1.07 bits per heavy atom. The molecule has 2 amide bonds. The third-order valence-electron chi connectivity index (χ3n) is 5.30. The van der Waals surface area contributed by atoms with Crippen molar-refractivity contribution in [2.24, 2.45) is 0 Å². The van der Waals surface area contributed by atoms with Crippen molar-refractivity contribution in [2.45, 2.75) is 18.9 Å². The zero-order chi connectivity index (χ0) is 19.6. The Balaban J connectivity index is 1.38. The van der Waals surface area contributed by atoms with Crippen molar-refractivity contribution in [1.29, 1.82) is 0 Å². The topological polar surface area (TPSA) is 58.1 Å². The van der Waals surface area contributed by atoms with Gasteiger partial charge in [0.25, 0.3) is 0 Å². The van der Waals surface area contributed by atoms with Crippen LogP contribution in [0.3, 0.4) is 0 Å². The summed E-state index contributed by atoms with van der Waals surface area (Å²) in [7, 11) is 0. The van der Waals surface area contributed by atoms with E-state index < -0.39 is 0 Å². The van der Waals surface area contributed by atoms with Crippen molar-refractivity contribution in [3.8, 4) is 10.4 Å².